The summed E-state index contributed by atoms with van der Waals surface area (Å²) >= 11 is -1.97. The van der Waals surface area contributed by atoms with Crippen molar-refractivity contribution in [1.82, 2.24) is 0 Å². The van der Waals surface area contributed by atoms with Crippen molar-refractivity contribution < 1.29 is 0 Å². The molecule has 0 aliphatic heterocycles. The van der Waals surface area contributed by atoms with Gasteiger partial charge >= 0.3 is 136 Å². The van der Waals surface area contributed by atoms with Gasteiger partial charge in [-0.15, -0.1) is 0 Å². The third-order valence-electron chi connectivity index (χ3n) is 4.44. The normalized spacial score (nSPS) is 12.0. The molecule has 0 aromatic carbocycles. The first-order valence-electron chi connectivity index (χ1n) is 9.37. The molecule has 0 unspecified atom stereocenters. The predicted octanol–water partition coefficient (Wildman–Crippen LogP) is 7.91. The summed E-state index contributed by atoms with van der Waals surface area (Å²) in [4.78, 5) is 0. The number of hydrogen-bond acceptors (Lipinski definition) is 0. The van der Waals surface area contributed by atoms with Crippen molar-refractivity contribution in [3.8, 4) is 0 Å². The van der Waals surface area contributed by atoms with Crippen LogP contribution in [0.4, 0.5) is 0 Å². The maximum atomic E-state index is 7.16. The van der Waals surface area contributed by atoms with Crippen LogP contribution < -0.4 is 0 Å². The third-order valence-corrected chi connectivity index (χ3v) is 15.2. The molecule has 0 aliphatic carbocycles. The van der Waals surface area contributed by atoms with Crippen LogP contribution in [0.3, 0.4) is 0 Å². The zero-order valence-corrected chi connectivity index (χ0v) is 17.3. The SMILES string of the molecule is CCCCC[CH2][Ge]([Cl])([CH2]CCCCC)[CH2]CCCCC. The van der Waals surface area contributed by atoms with E-state index in [1.165, 1.54) is 92.8 Å². The molecule has 0 nitrogen and oxygen atoms in total. The molecule has 0 heterocycles. The van der Waals surface area contributed by atoms with Gasteiger partial charge in [-0.1, -0.05) is 0 Å². The monoisotopic (exact) mass is 364 g/mol. The van der Waals surface area contributed by atoms with Crippen molar-refractivity contribution >= 4 is 22.3 Å². The molecular weight excluding hydrogens is 324 g/mol. The number of hydrogen-bond donors (Lipinski definition) is 0. The van der Waals surface area contributed by atoms with Crippen LogP contribution in [-0.4, -0.2) is 12.3 Å². The van der Waals surface area contributed by atoms with Crippen molar-refractivity contribution in [3.05, 3.63) is 0 Å². The van der Waals surface area contributed by atoms with Gasteiger partial charge in [0.15, 0.2) is 0 Å². The fraction of sp³-hybridized carbons (Fsp3) is 1.00. The standard InChI is InChI=1S/C18H39ClGe/c1-4-7-10-13-16-20(19,17-14-11-8-5-2)18-15-12-9-6-3/h4-18H2,1-3H3. The quantitative estimate of drug-likeness (QED) is 0.205. The molecule has 0 aliphatic rings. The molecule has 0 amide bonds. The minimum absolute atomic E-state index is 1.34. The summed E-state index contributed by atoms with van der Waals surface area (Å²) in [5, 5.41) is 4.29. The summed E-state index contributed by atoms with van der Waals surface area (Å²) in [5.74, 6) is 0. The number of unbranched alkanes of at least 4 members (excludes halogenated alkanes) is 9. The van der Waals surface area contributed by atoms with E-state index in [1.54, 1.807) is 0 Å². The van der Waals surface area contributed by atoms with Crippen molar-refractivity contribution in [2.24, 2.45) is 0 Å². The van der Waals surface area contributed by atoms with Crippen LogP contribution in [0.2, 0.25) is 15.8 Å². The molecular formula is C18H39ClGe. The molecule has 0 spiro atoms. The van der Waals surface area contributed by atoms with Gasteiger partial charge in [0.25, 0.3) is 0 Å². The van der Waals surface area contributed by atoms with Gasteiger partial charge in [0.1, 0.15) is 0 Å². The van der Waals surface area contributed by atoms with Gasteiger partial charge in [-0.05, 0) is 0 Å². The number of rotatable bonds is 15. The summed E-state index contributed by atoms with van der Waals surface area (Å²) in [6, 6.07) is 0. The van der Waals surface area contributed by atoms with Gasteiger partial charge in [-0.25, -0.2) is 0 Å². The molecule has 122 valence electrons. The second kappa shape index (κ2) is 14.8. The van der Waals surface area contributed by atoms with E-state index in [-0.39, 0.29) is 0 Å². The van der Waals surface area contributed by atoms with Crippen molar-refractivity contribution in [3.63, 3.8) is 0 Å². The summed E-state index contributed by atoms with van der Waals surface area (Å²) in [6.45, 7) is 6.89. The van der Waals surface area contributed by atoms with Crippen LogP contribution in [0, 0.1) is 0 Å². The summed E-state index contributed by atoms with van der Waals surface area (Å²) in [6.07, 6.45) is 16.7. The Labute approximate surface area is 136 Å². The maximum absolute atomic E-state index is 7.16. The molecule has 0 atom stereocenters. The van der Waals surface area contributed by atoms with Gasteiger partial charge in [-0.3, -0.25) is 0 Å². The molecule has 0 aromatic heterocycles. The first kappa shape index (κ1) is 20.8. The Hall–Kier alpha value is 0.833. The summed E-state index contributed by atoms with van der Waals surface area (Å²) in [5.41, 5.74) is 0. The summed E-state index contributed by atoms with van der Waals surface area (Å²) in [7, 11) is 7.16. The fourth-order valence-electron chi connectivity index (χ4n) is 2.98. The van der Waals surface area contributed by atoms with Gasteiger partial charge < -0.3 is 0 Å². The molecule has 0 fully saturated rings. The van der Waals surface area contributed by atoms with Crippen LogP contribution >= 0.6 is 10.0 Å². The summed E-state index contributed by atoms with van der Waals surface area (Å²) < 4.78 is 0. The van der Waals surface area contributed by atoms with Gasteiger partial charge in [0.2, 0.25) is 0 Å². The van der Waals surface area contributed by atoms with Crippen LogP contribution in [0.5, 0.6) is 0 Å². The van der Waals surface area contributed by atoms with E-state index in [4.69, 9.17) is 10.0 Å². The van der Waals surface area contributed by atoms with Crippen molar-refractivity contribution in [2.45, 2.75) is 114 Å². The zero-order valence-electron chi connectivity index (χ0n) is 14.5. The molecule has 0 bridgehead atoms. The topological polar surface area (TPSA) is 0 Å². The fourth-order valence-corrected chi connectivity index (χ4v) is 12.2. The van der Waals surface area contributed by atoms with E-state index in [2.05, 4.69) is 20.8 Å². The second-order valence-electron chi connectivity index (χ2n) is 6.58. The Bertz CT molecular complexity index is 163. The van der Waals surface area contributed by atoms with Gasteiger partial charge in [0.05, 0.1) is 0 Å². The van der Waals surface area contributed by atoms with Crippen LogP contribution in [0.25, 0.3) is 0 Å². The molecule has 0 radical (unpaired) electrons. The van der Waals surface area contributed by atoms with Crippen LogP contribution in [-0.2, 0) is 0 Å². The van der Waals surface area contributed by atoms with Crippen molar-refractivity contribution in [1.29, 1.82) is 0 Å². The second-order valence-corrected chi connectivity index (χ2v) is 18.7. The molecule has 0 saturated carbocycles. The molecule has 0 N–H and O–H groups in total. The Morgan fingerprint density at radius 2 is 0.800 bits per heavy atom. The van der Waals surface area contributed by atoms with E-state index < -0.39 is 12.3 Å². The third kappa shape index (κ3) is 12.6. The number of halogens is 1. The Morgan fingerprint density at radius 1 is 0.500 bits per heavy atom. The Kier molecular flexibility index (Phi) is 15.4. The first-order valence-corrected chi connectivity index (χ1v) is 16.6. The molecule has 20 heavy (non-hydrogen) atoms. The average molecular weight is 364 g/mol. The predicted molar refractivity (Wildman–Crippen MR) is 98.5 cm³/mol. The van der Waals surface area contributed by atoms with Gasteiger partial charge in [0, 0.05) is 0 Å². The molecule has 0 saturated heterocycles. The molecule has 0 rings (SSSR count). The molecule has 2 heteroatoms. The van der Waals surface area contributed by atoms with E-state index in [0.29, 0.717) is 0 Å². The van der Waals surface area contributed by atoms with E-state index in [1.807, 2.05) is 0 Å². The Morgan fingerprint density at radius 3 is 1.05 bits per heavy atom. The van der Waals surface area contributed by atoms with E-state index in [0.717, 1.165) is 0 Å². The first-order chi connectivity index (χ1) is 9.68. The minimum atomic E-state index is -1.97. The van der Waals surface area contributed by atoms with Crippen LogP contribution in [0.1, 0.15) is 97.8 Å². The van der Waals surface area contributed by atoms with Crippen LogP contribution in [0.15, 0.2) is 0 Å². The Balaban J connectivity index is 3.98. The van der Waals surface area contributed by atoms with Gasteiger partial charge in [-0.2, -0.15) is 0 Å². The van der Waals surface area contributed by atoms with E-state index >= 15 is 0 Å². The van der Waals surface area contributed by atoms with Crippen molar-refractivity contribution in [2.75, 3.05) is 0 Å². The zero-order chi connectivity index (χ0) is 15.1. The molecule has 0 aromatic rings. The average Bonchev–Trinajstić information content (AvgIpc) is 2.45. The van der Waals surface area contributed by atoms with E-state index in [9.17, 15) is 0 Å².